The molecule has 1 aromatic heterocycles. The van der Waals surface area contributed by atoms with E-state index >= 15 is 0 Å². The first-order valence-corrected chi connectivity index (χ1v) is 6.24. The first-order chi connectivity index (χ1) is 8.79. The van der Waals surface area contributed by atoms with Gasteiger partial charge in [0.2, 0.25) is 5.91 Å². The predicted molar refractivity (Wildman–Crippen MR) is 71.2 cm³/mol. The lowest BCUT2D eigenvalue weighted by molar-refractivity contribution is -0.120. The number of hydrogen-bond donors (Lipinski definition) is 2. The van der Waals surface area contributed by atoms with Crippen molar-refractivity contribution in [2.75, 3.05) is 5.88 Å². The van der Waals surface area contributed by atoms with Crippen molar-refractivity contribution >= 4 is 17.5 Å². The Labute approximate surface area is 110 Å². The summed E-state index contributed by atoms with van der Waals surface area (Å²) >= 11 is 5.49. The molecule has 94 valence electrons. The minimum absolute atomic E-state index is 0.0253. The summed E-state index contributed by atoms with van der Waals surface area (Å²) in [5, 5.41) is 9.62. The third kappa shape index (κ3) is 3.34. The minimum Gasteiger partial charge on any atom is -0.352 e. The van der Waals surface area contributed by atoms with Gasteiger partial charge in [-0.1, -0.05) is 24.3 Å². The molecule has 4 nitrogen and oxygen atoms in total. The van der Waals surface area contributed by atoms with E-state index in [0.717, 1.165) is 16.8 Å². The van der Waals surface area contributed by atoms with Crippen LogP contribution in [0, 0.1) is 0 Å². The summed E-state index contributed by atoms with van der Waals surface area (Å²) in [6, 6.07) is 9.87. The Bertz CT molecular complexity index is 493. The Kier molecular flexibility index (Phi) is 4.36. The van der Waals surface area contributed by atoms with Crippen LogP contribution in [0.5, 0.6) is 0 Å². The van der Waals surface area contributed by atoms with Crippen LogP contribution in [0.25, 0.3) is 11.3 Å². The summed E-state index contributed by atoms with van der Waals surface area (Å²) in [5.74, 6) is 0.326. The van der Waals surface area contributed by atoms with Crippen LogP contribution in [0.4, 0.5) is 0 Å². The van der Waals surface area contributed by atoms with Gasteiger partial charge in [-0.2, -0.15) is 5.10 Å². The quantitative estimate of drug-likeness (QED) is 0.814. The van der Waals surface area contributed by atoms with E-state index in [-0.39, 0.29) is 5.91 Å². The first-order valence-electron chi connectivity index (χ1n) is 5.71. The monoisotopic (exact) mass is 263 g/mol. The zero-order valence-electron chi connectivity index (χ0n) is 9.82. The number of benzene rings is 1. The molecule has 18 heavy (non-hydrogen) atoms. The summed E-state index contributed by atoms with van der Waals surface area (Å²) in [4.78, 5) is 11.3. The Morgan fingerprint density at radius 3 is 2.67 bits per heavy atom. The minimum atomic E-state index is -0.0253. The highest BCUT2D eigenvalue weighted by atomic mass is 35.5. The summed E-state index contributed by atoms with van der Waals surface area (Å²) in [7, 11) is 0. The molecule has 0 aliphatic carbocycles. The second-order valence-electron chi connectivity index (χ2n) is 3.88. The van der Waals surface area contributed by atoms with Crippen LogP contribution in [0.1, 0.15) is 12.0 Å². The number of H-pyrrole nitrogens is 1. The Hall–Kier alpha value is -1.81. The molecule has 2 N–H and O–H groups in total. The van der Waals surface area contributed by atoms with E-state index < -0.39 is 0 Å². The van der Waals surface area contributed by atoms with Crippen molar-refractivity contribution in [3.63, 3.8) is 0 Å². The van der Waals surface area contributed by atoms with Crippen molar-refractivity contribution in [3.05, 3.63) is 42.1 Å². The molecule has 0 aliphatic rings. The summed E-state index contributed by atoms with van der Waals surface area (Å²) < 4.78 is 0. The smallest absolute Gasteiger partial charge is 0.221 e. The molecule has 0 bridgehead atoms. The SMILES string of the molecule is O=C(CCCl)NCc1ccc(-c2ccn[nH]2)cc1. The lowest BCUT2D eigenvalue weighted by Gasteiger charge is -2.05. The predicted octanol–water partition coefficient (Wildman–Crippen LogP) is 2.32. The summed E-state index contributed by atoms with van der Waals surface area (Å²) in [6.45, 7) is 0.527. The van der Waals surface area contributed by atoms with Gasteiger partial charge in [0, 0.05) is 25.0 Å². The molecule has 2 rings (SSSR count). The first kappa shape index (κ1) is 12.6. The molecular weight excluding hydrogens is 250 g/mol. The van der Waals surface area contributed by atoms with Crippen LogP contribution in [0.3, 0.4) is 0 Å². The van der Waals surface area contributed by atoms with Crippen molar-refractivity contribution in [3.8, 4) is 11.3 Å². The van der Waals surface area contributed by atoms with Crippen LogP contribution >= 0.6 is 11.6 Å². The maximum atomic E-state index is 11.3. The number of hydrogen-bond acceptors (Lipinski definition) is 2. The molecule has 5 heteroatoms. The van der Waals surface area contributed by atoms with Gasteiger partial charge in [-0.15, -0.1) is 11.6 Å². The highest BCUT2D eigenvalue weighted by molar-refractivity contribution is 6.18. The number of nitrogens with zero attached hydrogens (tertiary/aromatic N) is 1. The van der Waals surface area contributed by atoms with Gasteiger partial charge in [0.15, 0.2) is 0 Å². The Balaban J connectivity index is 1.94. The van der Waals surface area contributed by atoms with Gasteiger partial charge in [0.25, 0.3) is 0 Å². The summed E-state index contributed by atoms with van der Waals surface area (Å²) in [6.07, 6.45) is 2.07. The van der Waals surface area contributed by atoms with Crippen molar-refractivity contribution in [1.82, 2.24) is 15.5 Å². The molecule has 1 amide bonds. The number of rotatable bonds is 5. The van der Waals surface area contributed by atoms with Crippen molar-refractivity contribution < 1.29 is 4.79 Å². The van der Waals surface area contributed by atoms with Crippen LogP contribution < -0.4 is 5.32 Å². The molecule has 1 aromatic carbocycles. The largest absolute Gasteiger partial charge is 0.352 e. The number of carbonyl (C=O) groups excluding carboxylic acids is 1. The molecule has 0 saturated heterocycles. The fourth-order valence-electron chi connectivity index (χ4n) is 1.59. The van der Waals surface area contributed by atoms with E-state index in [4.69, 9.17) is 11.6 Å². The van der Waals surface area contributed by atoms with Gasteiger partial charge in [0.1, 0.15) is 0 Å². The molecule has 0 radical (unpaired) electrons. The number of amides is 1. The van der Waals surface area contributed by atoms with Gasteiger partial charge in [-0.25, -0.2) is 0 Å². The second kappa shape index (κ2) is 6.21. The second-order valence-corrected chi connectivity index (χ2v) is 4.26. The summed E-state index contributed by atoms with van der Waals surface area (Å²) in [5.41, 5.74) is 3.11. The van der Waals surface area contributed by atoms with Crippen LogP contribution in [0.2, 0.25) is 0 Å². The van der Waals surface area contributed by atoms with E-state index in [0.29, 0.717) is 18.8 Å². The van der Waals surface area contributed by atoms with Gasteiger partial charge in [0.05, 0.1) is 5.69 Å². The zero-order chi connectivity index (χ0) is 12.8. The topological polar surface area (TPSA) is 57.8 Å². The van der Waals surface area contributed by atoms with Crippen LogP contribution in [0.15, 0.2) is 36.5 Å². The zero-order valence-corrected chi connectivity index (χ0v) is 10.6. The average molecular weight is 264 g/mol. The number of carbonyl (C=O) groups is 1. The average Bonchev–Trinajstić information content (AvgIpc) is 2.91. The third-order valence-corrected chi connectivity index (χ3v) is 2.77. The lowest BCUT2D eigenvalue weighted by atomic mass is 10.1. The third-order valence-electron chi connectivity index (χ3n) is 2.58. The van der Waals surface area contributed by atoms with Crippen molar-refractivity contribution in [1.29, 1.82) is 0 Å². The number of aromatic amines is 1. The van der Waals surface area contributed by atoms with Gasteiger partial charge < -0.3 is 5.32 Å². The molecular formula is C13H14ClN3O. The number of halogens is 1. The number of alkyl halides is 1. The van der Waals surface area contributed by atoms with Gasteiger partial charge >= 0.3 is 0 Å². The maximum Gasteiger partial charge on any atom is 0.221 e. The molecule has 0 saturated carbocycles. The molecule has 0 unspecified atom stereocenters. The highest BCUT2D eigenvalue weighted by Gasteiger charge is 2.01. The van der Waals surface area contributed by atoms with E-state index in [9.17, 15) is 4.79 Å². The van der Waals surface area contributed by atoms with E-state index in [1.165, 1.54) is 0 Å². The maximum absolute atomic E-state index is 11.3. The standard InChI is InChI=1S/C13H14ClN3O/c14-7-5-13(18)15-9-10-1-3-11(4-2-10)12-6-8-16-17-12/h1-4,6,8H,5,7,9H2,(H,15,18)(H,16,17). The molecule has 0 aliphatic heterocycles. The molecule has 0 spiro atoms. The Morgan fingerprint density at radius 1 is 1.28 bits per heavy atom. The molecule has 0 fully saturated rings. The lowest BCUT2D eigenvalue weighted by Crippen LogP contribution is -2.22. The molecule has 2 aromatic rings. The van der Waals surface area contributed by atoms with E-state index in [1.807, 2.05) is 30.3 Å². The normalized spacial score (nSPS) is 10.3. The fourth-order valence-corrected chi connectivity index (χ4v) is 1.77. The van der Waals surface area contributed by atoms with Crippen LogP contribution in [-0.4, -0.2) is 22.0 Å². The molecule has 1 heterocycles. The van der Waals surface area contributed by atoms with Crippen molar-refractivity contribution in [2.24, 2.45) is 0 Å². The van der Waals surface area contributed by atoms with Gasteiger partial charge in [-0.05, 0) is 17.2 Å². The number of nitrogens with one attached hydrogen (secondary N) is 2. The van der Waals surface area contributed by atoms with E-state index in [2.05, 4.69) is 15.5 Å². The van der Waals surface area contributed by atoms with Crippen LogP contribution in [-0.2, 0) is 11.3 Å². The number of aromatic nitrogens is 2. The molecule has 0 atom stereocenters. The Morgan fingerprint density at radius 2 is 2.06 bits per heavy atom. The van der Waals surface area contributed by atoms with Gasteiger partial charge in [-0.3, -0.25) is 9.89 Å². The van der Waals surface area contributed by atoms with E-state index in [1.54, 1.807) is 6.20 Å². The fraction of sp³-hybridized carbons (Fsp3) is 0.231. The van der Waals surface area contributed by atoms with Crippen molar-refractivity contribution in [2.45, 2.75) is 13.0 Å². The highest BCUT2D eigenvalue weighted by Crippen LogP contribution is 2.16.